The summed E-state index contributed by atoms with van der Waals surface area (Å²) >= 11 is 1.02. The fraction of sp³-hybridized carbons (Fsp3) is 0.391. The topological polar surface area (TPSA) is 154 Å². The van der Waals surface area contributed by atoms with Gasteiger partial charge in [-0.1, -0.05) is 12.5 Å². The number of benzene rings is 1. The molecule has 204 valence electrons. The molecule has 2 aromatic rings. The number of hydrogen-bond acceptors (Lipinski definition) is 9. The third kappa shape index (κ3) is 4.79. The van der Waals surface area contributed by atoms with Crippen LogP contribution in [-0.2, 0) is 37.9 Å². The molecule has 1 aromatic carbocycles. The number of nitrogens with zero attached hydrogens (tertiary/aromatic N) is 2. The zero-order chi connectivity index (χ0) is 27.4. The van der Waals surface area contributed by atoms with Crippen LogP contribution in [0.1, 0.15) is 30.4 Å². The number of aliphatic hydroxyl groups is 1. The number of ether oxygens (including phenoxy) is 1. The molecule has 5 rings (SSSR count). The molecule has 3 aliphatic rings. The molecule has 0 saturated heterocycles. The SMILES string of the molecule is COc1cc(CN2C(=O)C(C3=NS(=O)(=O)c4c(CNS(C)(=O)=O)csc4N3)=C(O)C3CCCC32)ccc1F. The van der Waals surface area contributed by atoms with Crippen molar-refractivity contribution in [3.8, 4) is 5.75 Å². The Morgan fingerprint density at radius 1 is 1.34 bits per heavy atom. The molecule has 0 radical (unpaired) electrons. The van der Waals surface area contributed by atoms with Crippen molar-refractivity contribution in [1.29, 1.82) is 0 Å². The molecule has 38 heavy (non-hydrogen) atoms. The molecular formula is C23H25FN4O7S3. The lowest BCUT2D eigenvalue weighted by Crippen LogP contribution is -2.49. The minimum Gasteiger partial charge on any atom is -0.511 e. The first-order valence-electron chi connectivity index (χ1n) is 11.6. The molecule has 1 amide bonds. The van der Waals surface area contributed by atoms with Gasteiger partial charge in [-0.3, -0.25) is 4.79 Å². The Balaban J connectivity index is 1.50. The molecule has 0 bridgehead atoms. The molecule has 11 nitrogen and oxygen atoms in total. The standard InChI is InChI=1S/C23H25FN4O7S3/c1-35-17-8-12(6-7-15(17)24)10-28-16-5-3-4-14(16)19(29)18(23(28)30)21-26-22-20(38(33,34)27-21)13(11-36-22)9-25-37(2,31)32/h6-8,11,14,16,25,29H,3-5,9-10H2,1-2H3,(H,26,27). The molecule has 3 heterocycles. The van der Waals surface area contributed by atoms with Crippen molar-refractivity contribution < 1.29 is 35.9 Å². The fourth-order valence-electron chi connectivity index (χ4n) is 5.12. The number of halogens is 1. The Bertz CT molecular complexity index is 1600. The number of anilines is 1. The molecule has 1 aromatic heterocycles. The number of rotatable bonds is 7. The number of carbonyl (C=O) groups is 1. The number of thiophene rings is 1. The van der Waals surface area contributed by atoms with Crippen molar-refractivity contribution in [3.05, 3.63) is 51.9 Å². The van der Waals surface area contributed by atoms with E-state index in [9.17, 15) is 31.1 Å². The molecule has 2 aliphatic heterocycles. The van der Waals surface area contributed by atoms with Crippen LogP contribution < -0.4 is 14.8 Å². The minimum atomic E-state index is -4.33. The first kappa shape index (κ1) is 26.6. The quantitative estimate of drug-likeness (QED) is 0.449. The van der Waals surface area contributed by atoms with E-state index in [1.807, 2.05) is 0 Å². The van der Waals surface area contributed by atoms with Crippen LogP contribution in [0.15, 0.2) is 44.2 Å². The Morgan fingerprint density at radius 3 is 2.82 bits per heavy atom. The summed E-state index contributed by atoms with van der Waals surface area (Å²) in [4.78, 5) is 15.1. The van der Waals surface area contributed by atoms with Crippen LogP contribution in [0.2, 0.25) is 0 Å². The van der Waals surface area contributed by atoms with Gasteiger partial charge in [0.15, 0.2) is 17.4 Å². The molecule has 2 unspecified atom stereocenters. The van der Waals surface area contributed by atoms with Crippen molar-refractivity contribution in [3.63, 3.8) is 0 Å². The predicted octanol–water partition coefficient (Wildman–Crippen LogP) is 2.48. The van der Waals surface area contributed by atoms with E-state index in [1.165, 1.54) is 30.7 Å². The normalized spacial score (nSPS) is 22.6. The van der Waals surface area contributed by atoms with E-state index < -0.39 is 37.7 Å². The van der Waals surface area contributed by atoms with Crippen LogP contribution >= 0.6 is 11.3 Å². The summed E-state index contributed by atoms with van der Waals surface area (Å²) in [5.41, 5.74) is 0.583. The first-order valence-corrected chi connectivity index (χ1v) is 15.8. The molecule has 0 spiro atoms. The molecule has 1 saturated carbocycles. The maximum Gasteiger partial charge on any atom is 0.287 e. The van der Waals surface area contributed by atoms with Gasteiger partial charge < -0.3 is 20.1 Å². The summed E-state index contributed by atoms with van der Waals surface area (Å²) in [6.07, 6.45) is 2.97. The predicted molar refractivity (Wildman–Crippen MR) is 139 cm³/mol. The molecule has 3 N–H and O–H groups in total. The number of aliphatic hydroxyl groups excluding tert-OH is 1. The summed E-state index contributed by atoms with van der Waals surface area (Å²) in [6, 6.07) is 3.97. The van der Waals surface area contributed by atoms with Crippen molar-refractivity contribution in [2.75, 3.05) is 18.7 Å². The summed E-state index contributed by atoms with van der Waals surface area (Å²) in [6.45, 7) is -0.152. The second-order valence-electron chi connectivity index (χ2n) is 9.32. The number of carbonyl (C=O) groups excluding carboxylic acids is 1. The van der Waals surface area contributed by atoms with E-state index in [4.69, 9.17) is 4.74 Å². The maximum absolute atomic E-state index is 13.9. The lowest BCUT2D eigenvalue weighted by molar-refractivity contribution is -0.132. The van der Waals surface area contributed by atoms with Crippen molar-refractivity contribution in [2.24, 2.45) is 10.3 Å². The largest absolute Gasteiger partial charge is 0.511 e. The second-order valence-corrected chi connectivity index (χ2v) is 13.6. The number of hydrogen-bond donors (Lipinski definition) is 3. The van der Waals surface area contributed by atoms with Gasteiger partial charge in [-0.05, 0) is 35.9 Å². The van der Waals surface area contributed by atoms with Crippen LogP contribution in [0.5, 0.6) is 5.75 Å². The third-order valence-electron chi connectivity index (χ3n) is 6.81. The van der Waals surface area contributed by atoms with Gasteiger partial charge in [0.2, 0.25) is 10.0 Å². The lowest BCUT2D eigenvalue weighted by Gasteiger charge is -2.38. The van der Waals surface area contributed by atoms with E-state index in [2.05, 4.69) is 14.4 Å². The highest BCUT2D eigenvalue weighted by atomic mass is 32.2. The van der Waals surface area contributed by atoms with Gasteiger partial charge in [0, 0.05) is 30.6 Å². The van der Waals surface area contributed by atoms with E-state index in [1.54, 1.807) is 4.90 Å². The second kappa shape index (κ2) is 9.63. The molecule has 2 atom stereocenters. The number of amides is 1. The van der Waals surface area contributed by atoms with Crippen LogP contribution in [0, 0.1) is 11.7 Å². The number of fused-ring (bicyclic) bond motifs is 2. The van der Waals surface area contributed by atoms with E-state index >= 15 is 0 Å². The fourth-order valence-corrected chi connectivity index (χ4v) is 8.14. The highest BCUT2D eigenvalue weighted by molar-refractivity contribution is 7.91. The van der Waals surface area contributed by atoms with E-state index in [-0.39, 0.29) is 57.5 Å². The Morgan fingerprint density at radius 2 is 2.11 bits per heavy atom. The summed E-state index contributed by atoms with van der Waals surface area (Å²) in [7, 11) is -6.56. The highest BCUT2D eigenvalue weighted by Crippen LogP contribution is 2.43. The van der Waals surface area contributed by atoms with Gasteiger partial charge in [-0.25, -0.2) is 17.5 Å². The van der Waals surface area contributed by atoms with Crippen molar-refractivity contribution in [2.45, 2.75) is 43.3 Å². The van der Waals surface area contributed by atoms with E-state index in [0.717, 1.165) is 24.0 Å². The average Bonchev–Trinajstić information content (AvgIpc) is 3.49. The number of methoxy groups -OCH3 is 1. The smallest absolute Gasteiger partial charge is 0.287 e. The molecular weight excluding hydrogens is 559 g/mol. The van der Waals surface area contributed by atoms with Crippen LogP contribution in [0.3, 0.4) is 0 Å². The van der Waals surface area contributed by atoms with Crippen molar-refractivity contribution in [1.82, 2.24) is 9.62 Å². The zero-order valence-corrected chi connectivity index (χ0v) is 22.8. The number of amidine groups is 1. The number of sulfonamides is 2. The molecule has 1 aliphatic carbocycles. The zero-order valence-electron chi connectivity index (χ0n) is 20.4. The van der Waals surface area contributed by atoms with Crippen LogP contribution in [0.4, 0.5) is 9.39 Å². The average molecular weight is 585 g/mol. The maximum atomic E-state index is 13.9. The van der Waals surface area contributed by atoms with Gasteiger partial charge in [-0.2, -0.15) is 8.42 Å². The third-order valence-corrected chi connectivity index (χ3v) is 9.96. The van der Waals surface area contributed by atoms with Gasteiger partial charge in [-0.15, -0.1) is 15.7 Å². The van der Waals surface area contributed by atoms with Crippen LogP contribution in [-0.4, -0.2) is 58.0 Å². The Kier molecular flexibility index (Phi) is 6.74. The summed E-state index contributed by atoms with van der Waals surface area (Å²) in [5.74, 6) is -2.03. The Labute approximate surface area is 223 Å². The lowest BCUT2D eigenvalue weighted by atomic mass is 9.89. The van der Waals surface area contributed by atoms with E-state index in [0.29, 0.717) is 18.4 Å². The summed E-state index contributed by atoms with van der Waals surface area (Å²) < 4.78 is 74.4. The number of nitrogens with one attached hydrogen (secondary N) is 2. The molecule has 1 fully saturated rings. The minimum absolute atomic E-state index is 0.0318. The summed E-state index contributed by atoms with van der Waals surface area (Å²) in [5, 5.41) is 15.7. The Hall–Kier alpha value is -3.01. The van der Waals surface area contributed by atoms with Gasteiger partial charge in [0.1, 0.15) is 21.2 Å². The van der Waals surface area contributed by atoms with Crippen LogP contribution in [0.25, 0.3) is 0 Å². The monoisotopic (exact) mass is 584 g/mol. The van der Waals surface area contributed by atoms with Crippen molar-refractivity contribution >= 4 is 48.1 Å². The van der Waals surface area contributed by atoms with Gasteiger partial charge in [0.25, 0.3) is 15.9 Å². The molecule has 15 heteroatoms. The highest BCUT2D eigenvalue weighted by Gasteiger charge is 2.47. The van der Waals surface area contributed by atoms with Gasteiger partial charge in [0.05, 0.1) is 13.4 Å². The first-order chi connectivity index (χ1) is 17.9. The van der Waals surface area contributed by atoms with Gasteiger partial charge >= 0.3 is 0 Å².